The molecule has 7 heteroatoms. The van der Waals surface area contributed by atoms with Crippen LogP contribution in [0.1, 0.15) is 26.3 Å². The van der Waals surface area contributed by atoms with Gasteiger partial charge in [-0.25, -0.2) is 5.43 Å². The van der Waals surface area contributed by atoms with Gasteiger partial charge in [-0.15, -0.1) is 0 Å². The Balaban J connectivity index is 1.72. The number of carbonyl (C=O) groups excluding carboxylic acids is 2. The molecule has 0 saturated heterocycles. The number of methoxy groups -OCH3 is 2. The molecule has 2 N–H and O–H groups in total. The standard InChI is InChI=1S/C23H21N3O4/c1-29-18-13-12-17(21(14-18)30-2)15-24-26-23(28)19-10-6-7-11-20(19)25-22(27)16-8-4-3-5-9-16/h3-15H,1-2H3,(H,25,27)(H,26,28)/b24-15+. The molecular weight excluding hydrogens is 382 g/mol. The molecule has 0 spiro atoms. The van der Waals surface area contributed by atoms with Crippen molar-refractivity contribution in [3.8, 4) is 11.5 Å². The molecule has 0 atom stereocenters. The van der Waals surface area contributed by atoms with Gasteiger partial charge in [-0.2, -0.15) is 5.10 Å². The molecule has 0 fully saturated rings. The van der Waals surface area contributed by atoms with E-state index in [2.05, 4.69) is 15.8 Å². The molecule has 0 saturated carbocycles. The van der Waals surface area contributed by atoms with Crippen LogP contribution in [0.4, 0.5) is 5.69 Å². The van der Waals surface area contributed by atoms with Crippen molar-refractivity contribution in [3.05, 3.63) is 89.5 Å². The third-order valence-corrected chi connectivity index (χ3v) is 4.27. The molecule has 0 aliphatic rings. The van der Waals surface area contributed by atoms with E-state index in [0.717, 1.165) is 0 Å². The summed E-state index contributed by atoms with van der Waals surface area (Å²) in [5.41, 5.74) is 4.32. The summed E-state index contributed by atoms with van der Waals surface area (Å²) in [6.45, 7) is 0. The normalized spacial score (nSPS) is 10.5. The summed E-state index contributed by atoms with van der Waals surface area (Å²) in [6.07, 6.45) is 1.47. The van der Waals surface area contributed by atoms with Gasteiger partial charge in [-0.05, 0) is 36.4 Å². The highest BCUT2D eigenvalue weighted by molar-refractivity contribution is 6.09. The van der Waals surface area contributed by atoms with Crippen LogP contribution in [0, 0.1) is 0 Å². The number of anilines is 1. The lowest BCUT2D eigenvalue weighted by Gasteiger charge is -2.10. The molecular formula is C23H21N3O4. The Labute approximate surface area is 174 Å². The summed E-state index contributed by atoms with van der Waals surface area (Å²) in [4.78, 5) is 25.0. The number of carbonyl (C=O) groups is 2. The summed E-state index contributed by atoms with van der Waals surface area (Å²) in [7, 11) is 3.10. The lowest BCUT2D eigenvalue weighted by Crippen LogP contribution is -2.21. The van der Waals surface area contributed by atoms with Gasteiger partial charge in [-0.1, -0.05) is 30.3 Å². The van der Waals surface area contributed by atoms with Gasteiger partial charge in [0.15, 0.2) is 0 Å². The molecule has 3 aromatic rings. The molecule has 0 bridgehead atoms. The molecule has 3 rings (SSSR count). The quantitative estimate of drug-likeness (QED) is 0.465. The fraction of sp³-hybridized carbons (Fsp3) is 0.0870. The van der Waals surface area contributed by atoms with Crippen LogP contribution in [0.25, 0.3) is 0 Å². The van der Waals surface area contributed by atoms with Crippen LogP contribution in [-0.4, -0.2) is 32.2 Å². The van der Waals surface area contributed by atoms with Gasteiger partial charge in [0.2, 0.25) is 0 Å². The smallest absolute Gasteiger partial charge is 0.273 e. The monoisotopic (exact) mass is 403 g/mol. The molecule has 2 amide bonds. The first-order chi connectivity index (χ1) is 14.6. The van der Waals surface area contributed by atoms with Crippen LogP contribution in [0.3, 0.4) is 0 Å². The first-order valence-corrected chi connectivity index (χ1v) is 9.13. The van der Waals surface area contributed by atoms with Gasteiger partial charge in [0.25, 0.3) is 11.8 Å². The molecule has 152 valence electrons. The van der Waals surface area contributed by atoms with Gasteiger partial charge in [0.05, 0.1) is 31.7 Å². The Bertz CT molecular complexity index is 1070. The maximum absolute atomic E-state index is 12.6. The summed E-state index contributed by atoms with van der Waals surface area (Å²) >= 11 is 0. The number of nitrogens with zero attached hydrogens (tertiary/aromatic N) is 1. The SMILES string of the molecule is COc1ccc(/C=N/NC(=O)c2ccccc2NC(=O)c2ccccc2)c(OC)c1. The van der Waals surface area contributed by atoms with E-state index in [0.29, 0.717) is 33.9 Å². The molecule has 0 aromatic heterocycles. The number of nitrogens with one attached hydrogen (secondary N) is 2. The number of benzene rings is 3. The number of ether oxygens (including phenoxy) is 2. The van der Waals surface area contributed by atoms with Gasteiger partial charge < -0.3 is 14.8 Å². The molecule has 0 heterocycles. The summed E-state index contributed by atoms with van der Waals surface area (Å²) in [5, 5.41) is 6.76. The molecule has 3 aromatic carbocycles. The minimum atomic E-state index is -0.456. The third kappa shape index (κ3) is 5.02. The second-order valence-corrected chi connectivity index (χ2v) is 6.17. The Morgan fingerprint density at radius 2 is 1.60 bits per heavy atom. The molecule has 0 aliphatic carbocycles. The van der Waals surface area contributed by atoms with Gasteiger partial charge in [-0.3, -0.25) is 9.59 Å². The van der Waals surface area contributed by atoms with E-state index in [9.17, 15) is 9.59 Å². The minimum Gasteiger partial charge on any atom is -0.497 e. The third-order valence-electron chi connectivity index (χ3n) is 4.27. The van der Waals surface area contributed by atoms with E-state index in [1.54, 1.807) is 73.8 Å². The van der Waals surface area contributed by atoms with Crippen molar-refractivity contribution in [3.63, 3.8) is 0 Å². The maximum atomic E-state index is 12.6. The average molecular weight is 403 g/mol. The summed E-state index contributed by atoms with van der Waals surface area (Å²) in [5.74, 6) is 0.448. The van der Waals surface area contributed by atoms with E-state index in [4.69, 9.17) is 9.47 Å². The Hall–Kier alpha value is -4.13. The van der Waals surface area contributed by atoms with Crippen LogP contribution < -0.4 is 20.2 Å². The Morgan fingerprint density at radius 3 is 2.33 bits per heavy atom. The molecule has 0 unspecified atom stereocenters. The highest BCUT2D eigenvalue weighted by atomic mass is 16.5. The number of amides is 2. The van der Waals surface area contributed by atoms with Crippen molar-refractivity contribution < 1.29 is 19.1 Å². The zero-order valence-electron chi connectivity index (χ0n) is 16.6. The Morgan fingerprint density at radius 1 is 0.867 bits per heavy atom. The van der Waals surface area contributed by atoms with Crippen molar-refractivity contribution >= 4 is 23.7 Å². The van der Waals surface area contributed by atoms with Crippen LogP contribution in [-0.2, 0) is 0 Å². The second-order valence-electron chi connectivity index (χ2n) is 6.17. The van der Waals surface area contributed by atoms with Gasteiger partial charge in [0, 0.05) is 17.2 Å². The van der Waals surface area contributed by atoms with E-state index >= 15 is 0 Å². The van der Waals surface area contributed by atoms with Crippen LogP contribution in [0.2, 0.25) is 0 Å². The summed E-state index contributed by atoms with van der Waals surface area (Å²) < 4.78 is 10.5. The van der Waals surface area contributed by atoms with Gasteiger partial charge >= 0.3 is 0 Å². The molecule has 0 aliphatic heterocycles. The zero-order chi connectivity index (χ0) is 21.3. The van der Waals surface area contributed by atoms with Crippen LogP contribution >= 0.6 is 0 Å². The average Bonchev–Trinajstić information content (AvgIpc) is 2.80. The van der Waals surface area contributed by atoms with Gasteiger partial charge in [0.1, 0.15) is 11.5 Å². The van der Waals surface area contributed by atoms with Crippen LogP contribution in [0.15, 0.2) is 77.9 Å². The van der Waals surface area contributed by atoms with Crippen LogP contribution in [0.5, 0.6) is 11.5 Å². The minimum absolute atomic E-state index is 0.292. The number of para-hydroxylation sites is 1. The first-order valence-electron chi connectivity index (χ1n) is 9.13. The Kier molecular flexibility index (Phi) is 6.78. The first kappa shape index (κ1) is 20.6. The lowest BCUT2D eigenvalue weighted by atomic mass is 10.1. The van der Waals surface area contributed by atoms with E-state index < -0.39 is 5.91 Å². The number of hydrogen-bond donors (Lipinski definition) is 2. The van der Waals surface area contributed by atoms with Crippen molar-refractivity contribution in [1.82, 2.24) is 5.43 Å². The van der Waals surface area contributed by atoms with E-state index in [1.165, 1.54) is 13.3 Å². The second kappa shape index (κ2) is 9.88. The zero-order valence-corrected chi connectivity index (χ0v) is 16.6. The maximum Gasteiger partial charge on any atom is 0.273 e. The molecule has 30 heavy (non-hydrogen) atoms. The summed E-state index contributed by atoms with van der Waals surface area (Å²) in [6, 6.07) is 20.7. The molecule has 7 nitrogen and oxygen atoms in total. The van der Waals surface area contributed by atoms with Crippen molar-refractivity contribution in [2.75, 3.05) is 19.5 Å². The largest absolute Gasteiger partial charge is 0.497 e. The van der Waals surface area contributed by atoms with Crippen molar-refractivity contribution in [2.45, 2.75) is 0 Å². The predicted octanol–water partition coefficient (Wildman–Crippen LogP) is 3.72. The number of rotatable bonds is 7. The molecule has 0 radical (unpaired) electrons. The van der Waals surface area contributed by atoms with Crippen molar-refractivity contribution in [1.29, 1.82) is 0 Å². The number of hydrazone groups is 1. The van der Waals surface area contributed by atoms with Crippen molar-refractivity contribution in [2.24, 2.45) is 5.10 Å². The predicted molar refractivity (Wildman–Crippen MR) is 115 cm³/mol. The topological polar surface area (TPSA) is 89.0 Å². The highest BCUT2D eigenvalue weighted by Crippen LogP contribution is 2.23. The highest BCUT2D eigenvalue weighted by Gasteiger charge is 2.13. The lowest BCUT2D eigenvalue weighted by molar-refractivity contribution is 0.0956. The van der Waals surface area contributed by atoms with E-state index in [1.807, 2.05) is 6.07 Å². The van der Waals surface area contributed by atoms with E-state index in [-0.39, 0.29) is 5.91 Å². The fourth-order valence-electron chi connectivity index (χ4n) is 2.72. The number of hydrogen-bond acceptors (Lipinski definition) is 5. The fourth-order valence-corrected chi connectivity index (χ4v) is 2.72.